The monoisotopic (exact) mass is 301 g/mol. The molecule has 2 atom stereocenters. The molecule has 0 bridgehead atoms. The van der Waals surface area contributed by atoms with E-state index in [9.17, 15) is 5.11 Å². The molecule has 0 radical (unpaired) electrons. The van der Waals surface area contributed by atoms with Crippen molar-refractivity contribution >= 4 is 0 Å². The van der Waals surface area contributed by atoms with Gasteiger partial charge in [-0.3, -0.25) is 0 Å². The highest BCUT2D eigenvalue weighted by atomic mass is 79.9. The van der Waals surface area contributed by atoms with Gasteiger partial charge in [0.05, 0.1) is 20.1 Å². The summed E-state index contributed by atoms with van der Waals surface area (Å²) in [4.78, 5) is 0. The molecule has 0 heterocycles. The minimum Gasteiger partial charge on any atom is -1.00 e. The summed E-state index contributed by atoms with van der Waals surface area (Å²) >= 11 is 0. The lowest BCUT2D eigenvalue weighted by Crippen LogP contribution is -3.00. The summed E-state index contributed by atoms with van der Waals surface area (Å²) in [5.41, 5.74) is 1.02. The average Bonchev–Trinajstić information content (AvgIpc) is 2.37. The first kappa shape index (κ1) is 16.6. The summed E-state index contributed by atoms with van der Waals surface area (Å²) in [6, 6.07) is 10.2. The lowest BCUT2D eigenvalue weighted by molar-refractivity contribution is -0.932. The Morgan fingerprint density at radius 1 is 1.12 bits per heavy atom. The van der Waals surface area contributed by atoms with Crippen molar-refractivity contribution < 1.29 is 26.6 Å². The number of aliphatic hydroxyl groups excluding tert-OH is 1. The molecular formula is C14H24BrNO. The van der Waals surface area contributed by atoms with Crippen LogP contribution in [-0.2, 0) is 0 Å². The van der Waals surface area contributed by atoms with Gasteiger partial charge in [0.25, 0.3) is 0 Å². The number of likely N-dealkylation sites (N-methyl/N-ethyl adjacent to an activating group) is 1. The Kier molecular flexibility index (Phi) is 6.98. The Balaban J connectivity index is 0.00000256. The van der Waals surface area contributed by atoms with E-state index in [0.29, 0.717) is 0 Å². The second kappa shape index (κ2) is 7.14. The van der Waals surface area contributed by atoms with Crippen LogP contribution in [-0.4, -0.2) is 35.8 Å². The van der Waals surface area contributed by atoms with Gasteiger partial charge in [-0.15, -0.1) is 0 Å². The Morgan fingerprint density at radius 3 is 2.00 bits per heavy atom. The second-order valence-electron chi connectivity index (χ2n) is 4.71. The molecule has 1 rings (SSSR count). The smallest absolute Gasteiger partial charge is 0.130 e. The van der Waals surface area contributed by atoms with E-state index in [1.54, 1.807) is 0 Å². The highest BCUT2D eigenvalue weighted by Crippen LogP contribution is 2.24. The molecule has 0 fully saturated rings. The number of rotatable bonds is 5. The molecular weight excluding hydrogens is 278 g/mol. The molecule has 0 aromatic heterocycles. The maximum Gasteiger partial charge on any atom is 0.130 e. The summed E-state index contributed by atoms with van der Waals surface area (Å²) < 4.78 is 0.899. The van der Waals surface area contributed by atoms with Gasteiger partial charge in [0.15, 0.2) is 0 Å². The first-order valence-corrected chi connectivity index (χ1v) is 6.12. The predicted molar refractivity (Wildman–Crippen MR) is 68.1 cm³/mol. The van der Waals surface area contributed by atoms with E-state index in [1.807, 2.05) is 30.3 Å². The van der Waals surface area contributed by atoms with E-state index in [2.05, 4.69) is 27.8 Å². The zero-order valence-electron chi connectivity index (χ0n) is 11.2. The molecule has 1 aromatic carbocycles. The first-order valence-electron chi connectivity index (χ1n) is 6.12. The van der Waals surface area contributed by atoms with E-state index < -0.39 is 0 Å². The van der Waals surface area contributed by atoms with Gasteiger partial charge in [0, 0.05) is 0 Å². The fraction of sp³-hybridized carbons (Fsp3) is 0.571. The maximum absolute atomic E-state index is 10.4. The molecule has 3 heteroatoms. The third-order valence-corrected chi connectivity index (χ3v) is 4.03. The van der Waals surface area contributed by atoms with E-state index >= 15 is 0 Å². The molecule has 0 aliphatic rings. The molecule has 2 unspecified atom stereocenters. The number of quaternary nitrogens is 1. The van der Waals surface area contributed by atoms with Crippen LogP contribution in [0.5, 0.6) is 0 Å². The van der Waals surface area contributed by atoms with Crippen LogP contribution in [0.2, 0.25) is 0 Å². The number of halogens is 1. The number of nitrogens with zero attached hydrogens (tertiary/aromatic N) is 1. The molecule has 2 nitrogen and oxygen atoms in total. The van der Waals surface area contributed by atoms with E-state index in [0.717, 1.165) is 23.1 Å². The van der Waals surface area contributed by atoms with Gasteiger partial charge in [-0.2, -0.15) is 0 Å². The van der Waals surface area contributed by atoms with Crippen molar-refractivity contribution in [2.24, 2.45) is 0 Å². The van der Waals surface area contributed by atoms with E-state index in [4.69, 9.17) is 0 Å². The molecule has 0 aliphatic heterocycles. The average molecular weight is 302 g/mol. The molecule has 98 valence electrons. The van der Waals surface area contributed by atoms with Crippen LogP contribution in [0, 0.1) is 0 Å². The van der Waals surface area contributed by atoms with Gasteiger partial charge in [0.2, 0.25) is 0 Å². The van der Waals surface area contributed by atoms with Crippen LogP contribution in [0.15, 0.2) is 30.3 Å². The summed E-state index contributed by atoms with van der Waals surface area (Å²) in [6.07, 6.45) is -0.383. The Labute approximate surface area is 116 Å². The summed E-state index contributed by atoms with van der Waals surface area (Å²) in [5.74, 6) is 0. The van der Waals surface area contributed by atoms with Crippen LogP contribution >= 0.6 is 0 Å². The molecule has 0 amide bonds. The molecule has 0 spiro atoms. The van der Waals surface area contributed by atoms with Gasteiger partial charge < -0.3 is 26.6 Å². The van der Waals surface area contributed by atoms with Crippen molar-refractivity contribution in [3.63, 3.8) is 0 Å². The van der Waals surface area contributed by atoms with Crippen LogP contribution in [0.3, 0.4) is 0 Å². The molecule has 1 N–H and O–H groups in total. The van der Waals surface area contributed by atoms with Crippen molar-refractivity contribution in [2.45, 2.75) is 32.9 Å². The Morgan fingerprint density at radius 2 is 1.59 bits per heavy atom. The normalized spacial score (nSPS) is 14.9. The number of benzene rings is 1. The van der Waals surface area contributed by atoms with E-state index in [-0.39, 0.29) is 29.1 Å². The van der Waals surface area contributed by atoms with Gasteiger partial charge in [-0.25, -0.2) is 0 Å². The predicted octanol–water partition coefficient (Wildman–Crippen LogP) is -0.401. The van der Waals surface area contributed by atoms with Crippen molar-refractivity contribution in [1.29, 1.82) is 0 Å². The van der Waals surface area contributed by atoms with Crippen LogP contribution in [0.25, 0.3) is 0 Å². The van der Waals surface area contributed by atoms with Gasteiger partial charge in [-0.1, -0.05) is 30.3 Å². The van der Waals surface area contributed by atoms with Crippen LogP contribution in [0.4, 0.5) is 0 Å². The number of hydrogen-bond donors (Lipinski definition) is 1. The topological polar surface area (TPSA) is 20.2 Å². The van der Waals surface area contributed by atoms with Crippen LogP contribution in [0.1, 0.15) is 32.4 Å². The van der Waals surface area contributed by atoms with Crippen molar-refractivity contribution in [3.8, 4) is 0 Å². The maximum atomic E-state index is 10.4. The largest absolute Gasteiger partial charge is 1.00 e. The number of hydrogen-bond acceptors (Lipinski definition) is 1. The summed E-state index contributed by atoms with van der Waals surface area (Å²) in [7, 11) is 2.21. The fourth-order valence-electron chi connectivity index (χ4n) is 2.07. The Bertz CT molecular complexity index is 311. The lowest BCUT2D eigenvalue weighted by Gasteiger charge is -2.40. The van der Waals surface area contributed by atoms with Crippen molar-refractivity contribution in [1.82, 2.24) is 0 Å². The zero-order valence-corrected chi connectivity index (χ0v) is 12.8. The second-order valence-corrected chi connectivity index (χ2v) is 4.71. The molecule has 0 saturated heterocycles. The zero-order chi connectivity index (χ0) is 12.2. The molecule has 0 saturated carbocycles. The molecule has 17 heavy (non-hydrogen) atoms. The fourth-order valence-corrected chi connectivity index (χ4v) is 2.07. The van der Waals surface area contributed by atoms with Crippen molar-refractivity contribution in [3.05, 3.63) is 35.9 Å². The van der Waals surface area contributed by atoms with Gasteiger partial charge >= 0.3 is 0 Å². The number of aliphatic hydroxyl groups is 1. The SMILES string of the molecule is CC[N+](C)(CC)C(C)C(O)c1ccccc1.[Br-]. The minimum absolute atomic E-state index is 0. The lowest BCUT2D eigenvalue weighted by atomic mass is 10.0. The van der Waals surface area contributed by atoms with Gasteiger partial charge in [-0.05, 0) is 26.3 Å². The summed E-state index contributed by atoms with van der Waals surface area (Å²) in [5, 5.41) is 10.4. The molecule has 1 aromatic rings. The Hall–Kier alpha value is -0.380. The standard InChI is InChI=1S/C14H24NO.BrH/c1-5-15(4,6-2)12(3)14(16)13-10-8-7-9-11-13;/h7-12,14,16H,5-6H2,1-4H3;1H/q+1;/p-1. The molecule has 0 aliphatic carbocycles. The highest BCUT2D eigenvalue weighted by molar-refractivity contribution is 5.18. The minimum atomic E-state index is -0.383. The van der Waals surface area contributed by atoms with Crippen LogP contribution < -0.4 is 17.0 Å². The third-order valence-electron chi connectivity index (χ3n) is 4.03. The third kappa shape index (κ3) is 3.80. The summed E-state index contributed by atoms with van der Waals surface area (Å²) in [6.45, 7) is 8.57. The quantitative estimate of drug-likeness (QED) is 0.734. The highest BCUT2D eigenvalue weighted by Gasteiger charge is 2.32. The first-order chi connectivity index (χ1) is 7.55. The van der Waals surface area contributed by atoms with E-state index in [1.165, 1.54) is 0 Å². The van der Waals surface area contributed by atoms with Crippen molar-refractivity contribution in [2.75, 3.05) is 20.1 Å². The van der Waals surface area contributed by atoms with Gasteiger partial charge in [0.1, 0.15) is 12.1 Å².